The van der Waals surface area contributed by atoms with Crippen molar-refractivity contribution in [3.8, 4) is 5.69 Å². The zero-order valence-electron chi connectivity index (χ0n) is 14.1. The number of primary amides is 1. The molecule has 0 fully saturated rings. The lowest BCUT2D eigenvalue weighted by Gasteiger charge is -2.05. The first-order chi connectivity index (χ1) is 13.1. The minimum absolute atomic E-state index is 0.228. The molecule has 27 heavy (non-hydrogen) atoms. The van der Waals surface area contributed by atoms with Gasteiger partial charge in [-0.05, 0) is 29.8 Å². The number of thioether (sulfide) groups is 1. The summed E-state index contributed by atoms with van der Waals surface area (Å²) in [5.74, 6) is 0.132. The number of benzene rings is 2. The van der Waals surface area contributed by atoms with E-state index in [9.17, 15) is 9.59 Å². The first-order valence-corrected chi connectivity index (χ1v) is 9.15. The zero-order chi connectivity index (χ0) is 18.8. The lowest BCUT2D eigenvalue weighted by Crippen LogP contribution is -2.10. The van der Waals surface area contributed by atoms with Crippen LogP contribution in [0.5, 0.6) is 0 Å². The van der Waals surface area contributed by atoms with Gasteiger partial charge in [0.1, 0.15) is 5.39 Å². The number of H-pyrrole nitrogens is 1. The number of para-hydroxylation sites is 1. The molecule has 2 heterocycles. The maximum absolute atomic E-state index is 12.4. The van der Waals surface area contributed by atoms with Crippen molar-refractivity contribution in [2.24, 2.45) is 5.73 Å². The minimum Gasteiger partial charge on any atom is -0.366 e. The smallest absolute Gasteiger partial charge is 0.262 e. The highest BCUT2D eigenvalue weighted by molar-refractivity contribution is 7.98. The third-order valence-electron chi connectivity index (χ3n) is 4.03. The largest absolute Gasteiger partial charge is 0.366 e. The van der Waals surface area contributed by atoms with Gasteiger partial charge >= 0.3 is 0 Å². The Bertz CT molecular complexity index is 1170. The number of hydrogen-bond acceptors (Lipinski definition) is 5. The molecule has 0 bridgehead atoms. The van der Waals surface area contributed by atoms with Crippen LogP contribution in [0.1, 0.15) is 15.9 Å². The predicted octanol–water partition coefficient (Wildman–Crippen LogP) is 2.50. The van der Waals surface area contributed by atoms with E-state index in [0.717, 1.165) is 11.3 Å². The van der Waals surface area contributed by atoms with Gasteiger partial charge in [-0.25, -0.2) is 9.67 Å². The van der Waals surface area contributed by atoms with Gasteiger partial charge in [0.05, 0.1) is 11.9 Å². The van der Waals surface area contributed by atoms with Crippen LogP contribution in [0.15, 0.2) is 70.7 Å². The van der Waals surface area contributed by atoms with E-state index < -0.39 is 5.91 Å². The molecule has 0 aliphatic carbocycles. The van der Waals surface area contributed by atoms with Crippen molar-refractivity contribution < 1.29 is 4.79 Å². The molecule has 4 rings (SSSR count). The number of aromatic amines is 1. The summed E-state index contributed by atoms with van der Waals surface area (Å²) in [6.45, 7) is 0. The van der Waals surface area contributed by atoms with Gasteiger partial charge in [-0.1, -0.05) is 42.1 Å². The monoisotopic (exact) mass is 377 g/mol. The summed E-state index contributed by atoms with van der Waals surface area (Å²) in [6, 6.07) is 16.6. The van der Waals surface area contributed by atoms with E-state index in [1.165, 1.54) is 18.0 Å². The summed E-state index contributed by atoms with van der Waals surface area (Å²) >= 11 is 1.40. The predicted molar refractivity (Wildman–Crippen MR) is 104 cm³/mol. The highest BCUT2D eigenvalue weighted by Crippen LogP contribution is 2.21. The summed E-state index contributed by atoms with van der Waals surface area (Å²) in [5.41, 5.74) is 7.82. The van der Waals surface area contributed by atoms with Crippen LogP contribution in [0.25, 0.3) is 16.7 Å². The Labute approximate surface area is 158 Å². The molecule has 4 aromatic rings. The SMILES string of the molecule is NC(=O)c1ccc(CSc2nc3c(cnn3-c3ccccc3)c(=O)[nH]2)cc1. The molecule has 1 amide bonds. The molecule has 0 radical (unpaired) electrons. The van der Waals surface area contributed by atoms with Crippen molar-refractivity contribution in [1.82, 2.24) is 19.7 Å². The molecule has 3 N–H and O–H groups in total. The van der Waals surface area contributed by atoms with E-state index in [1.54, 1.807) is 16.8 Å². The van der Waals surface area contributed by atoms with Crippen LogP contribution in [-0.2, 0) is 5.75 Å². The number of aromatic nitrogens is 4. The third-order valence-corrected chi connectivity index (χ3v) is 4.98. The van der Waals surface area contributed by atoms with E-state index in [2.05, 4.69) is 15.1 Å². The van der Waals surface area contributed by atoms with Gasteiger partial charge in [-0.15, -0.1) is 0 Å². The quantitative estimate of drug-likeness (QED) is 0.410. The fourth-order valence-corrected chi connectivity index (χ4v) is 3.45. The molecule has 0 aliphatic heterocycles. The molecule has 0 saturated carbocycles. The number of rotatable bonds is 5. The lowest BCUT2D eigenvalue weighted by atomic mass is 10.1. The summed E-state index contributed by atoms with van der Waals surface area (Å²) in [5, 5.41) is 5.24. The number of nitrogens with one attached hydrogen (secondary N) is 1. The molecule has 0 atom stereocenters. The highest BCUT2D eigenvalue weighted by Gasteiger charge is 2.12. The Morgan fingerprint density at radius 2 is 1.85 bits per heavy atom. The first kappa shape index (κ1) is 17.0. The van der Waals surface area contributed by atoms with E-state index >= 15 is 0 Å². The van der Waals surface area contributed by atoms with Gasteiger partial charge in [-0.3, -0.25) is 9.59 Å². The van der Waals surface area contributed by atoms with E-state index in [1.807, 2.05) is 42.5 Å². The number of nitrogens with two attached hydrogens (primary N) is 1. The molecule has 2 aromatic carbocycles. The Kier molecular flexibility index (Phi) is 4.47. The van der Waals surface area contributed by atoms with Crippen LogP contribution >= 0.6 is 11.8 Å². The summed E-state index contributed by atoms with van der Waals surface area (Å²) in [6.07, 6.45) is 1.52. The maximum atomic E-state index is 12.4. The van der Waals surface area contributed by atoms with Gasteiger partial charge in [0.25, 0.3) is 5.56 Å². The average Bonchev–Trinajstić information content (AvgIpc) is 3.12. The van der Waals surface area contributed by atoms with Crippen LogP contribution in [0.2, 0.25) is 0 Å². The third kappa shape index (κ3) is 3.47. The molecular formula is C19H15N5O2S. The van der Waals surface area contributed by atoms with Crippen LogP contribution in [-0.4, -0.2) is 25.7 Å². The molecule has 0 saturated heterocycles. The van der Waals surface area contributed by atoms with Crippen LogP contribution in [0.3, 0.4) is 0 Å². The normalized spacial score (nSPS) is 11.0. The van der Waals surface area contributed by atoms with E-state index in [-0.39, 0.29) is 5.56 Å². The second kappa shape index (κ2) is 7.08. The second-order valence-electron chi connectivity index (χ2n) is 5.85. The summed E-state index contributed by atoms with van der Waals surface area (Å²) in [4.78, 5) is 30.8. The molecule has 2 aromatic heterocycles. The minimum atomic E-state index is -0.458. The Balaban J connectivity index is 1.62. The number of carbonyl (C=O) groups excluding carboxylic acids is 1. The van der Waals surface area contributed by atoms with Crippen molar-refractivity contribution in [3.63, 3.8) is 0 Å². The Morgan fingerprint density at radius 3 is 2.56 bits per heavy atom. The zero-order valence-corrected chi connectivity index (χ0v) is 14.9. The molecule has 134 valence electrons. The van der Waals surface area contributed by atoms with Gasteiger partial charge in [-0.2, -0.15) is 5.10 Å². The van der Waals surface area contributed by atoms with E-state index in [4.69, 9.17) is 5.73 Å². The number of nitrogens with zero attached hydrogens (tertiary/aromatic N) is 3. The fraction of sp³-hybridized carbons (Fsp3) is 0.0526. The van der Waals surface area contributed by atoms with Gasteiger partial charge in [0, 0.05) is 11.3 Å². The highest BCUT2D eigenvalue weighted by atomic mass is 32.2. The van der Waals surface area contributed by atoms with Gasteiger partial charge in [0.2, 0.25) is 5.91 Å². The Morgan fingerprint density at radius 1 is 1.11 bits per heavy atom. The van der Waals surface area contributed by atoms with Crippen molar-refractivity contribution in [3.05, 3.63) is 82.3 Å². The topological polar surface area (TPSA) is 107 Å². The van der Waals surface area contributed by atoms with Crippen LogP contribution < -0.4 is 11.3 Å². The number of fused-ring (bicyclic) bond motifs is 1. The molecule has 0 spiro atoms. The van der Waals surface area contributed by atoms with Crippen LogP contribution in [0.4, 0.5) is 0 Å². The maximum Gasteiger partial charge on any atom is 0.262 e. The molecule has 8 heteroatoms. The molecule has 0 unspecified atom stereocenters. The molecular weight excluding hydrogens is 362 g/mol. The number of hydrogen-bond donors (Lipinski definition) is 2. The second-order valence-corrected chi connectivity index (χ2v) is 6.81. The standard InChI is InChI=1S/C19H15N5O2S/c20-16(25)13-8-6-12(7-9-13)11-27-19-22-17-15(18(26)23-19)10-21-24(17)14-4-2-1-3-5-14/h1-10H,11H2,(H2,20,25)(H,22,23,26). The number of carbonyl (C=O) groups is 1. The van der Waals surface area contributed by atoms with Crippen molar-refractivity contribution >= 4 is 28.7 Å². The van der Waals surface area contributed by atoms with Gasteiger partial charge in [0.15, 0.2) is 10.8 Å². The summed E-state index contributed by atoms with van der Waals surface area (Å²) in [7, 11) is 0. The van der Waals surface area contributed by atoms with Gasteiger partial charge < -0.3 is 10.7 Å². The van der Waals surface area contributed by atoms with Crippen molar-refractivity contribution in [1.29, 1.82) is 0 Å². The Hall–Kier alpha value is -3.39. The summed E-state index contributed by atoms with van der Waals surface area (Å²) < 4.78 is 1.65. The average molecular weight is 377 g/mol. The lowest BCUT2D eigenvalue weighted by molar-refractivity contribution is 0.100. The number of amides is 1. The van der Waals surface area contributed by atoms with Crippen LogP contribution in [0, 0.1) is 0 Å². The molecule has 7 nitrogen and oxygen atoms in total. The fourth-order valence-electron chi connectivity index (χ4n) is 2.64. The first-order valence-electron chi connectivity index (χ1n) is 8.17. The van der Waals surface area contributed by atoms with Crippen molar-refractivity contribution in [2.75, 3.05) is 0 Å². The molecule has 0 aliphatic rings. The van der Waals surface area contributed by atoms with Crippen molar-refractivity contribution in [2.45, 2.75) is 10.9 Å². The van der Waals surface area contributed by atoms with E-state index in [0.29, 0.717) is 27.5 Å².